The normalized spacial score (nSPS) is 10.7. The van der Waals surface area contributed by atoms with Gasteiger partial charge in [-0.3, -0.25) is 9.59 Å². The van der Waals surface area contributed by atoms with Crippen LogP contribution in [-0.4, -0.2) is 23.1 Å². The highest BCUT2D eigenvalue weighted by Gasteiger charge is 2.12. The third-order valence-corrected chi connectivity index (χ3v) is 4.31. The predicted octanol–water partition coefficient (Wildman–Crippen LogP) is 3.34. The van der Waals surface area contributed by atoms with Crippen LogP contribution in [-0.2, 0) is 16.1 Å². The van der Waals surface area contributed by atoms with Gasteiger partial charge in [0, 0.05) is 21.6 Å². The van der Waals surface area contributed by atoms with E-state index in [9.17, 15) is 14.7 Å². The van der Waals surface area contributed by atoms with E-state index in [0.717, 1.165) is 5.56 Å². The highest BCUT2D eigenvalue weighted by Crippen LogP contribution is 2.30. The molecule has 6 nitrogen and oxygen atoms in total. The first kappa shape index (κ1) is 19.4. The Kier molecular flexibility index (Phi) is 6.98. The number of nitrogens with zero attached hydrogens (tertiary/aromatic N) is 1. The number of phenols is 1. The van der Waals surface area contributed by atoms with Gasteiger partial charge in [0.2, 0.25) is 0 Å². The molecule has 2 amide bonds. The minimum absolute atomic E-state index is 0.0339. The summed E-state index contributed by atoms with van der Waals surface area (Å²) in [6.07, 6.45) is 1.23. The fourth-order valence-corrected chi connectivity index (χ4v) is 3.14. The van der Waals surface area contributed by atoms with Gasteiger partial charge in [-0.25, -0.2) is 5.43 Å². The van der Waals surface area contributed by atoms with Crippen molar-refractivity contribution in [3.05, 3.63) is 61.5 Å². The van der Waals surface area contributed by atoms with Crippen LogP contribution in [0.5, 0.6) is 5.75 Å². The van der Waals surface area contributed by atoms with E-state index < -0.39 is 11.8 Å². The first-order valence-electron chi connectivity index (χ1n) is 6.90. The van der Waals surface area contributed by atoms with Crippen molar-refractivity contribution >= 4 is 61.5 Å². The maximum absolute atomic E-state index is 11.7. The van der Waals surface area contributed by atoms with Crippen LogP contribution in [0, 0.1) is 0 Å². The monoisotopic (exact) mass is 487 g/mol. The van der Waals surface area contributed by atoms with Crippen molar-refractivity contribution in [3.8, 4) is 5.75 Å². The van der Waals surface area contributed by atoms with Crippen molar-refractivity contribution in [3.63, 3.8) is 0 Å². The summed E-state index contributed by atoms with van der Waals surface area (Å²) in [4.78, 5) is 23.4. The minimum atomic E-state index is -0.918. The number of halogens is 3. The Bertz CT molecular complexity index is 826. The number of hydrogen-bond donors (Lipinski definition) is 3. The van der Waals surface area contributed by atoms with Gasteiger partial charge < -0.3 is 10.4 Å². The Balaban J connectivity index is 1.89. The maximum atomic E-state index is 11.7. The lowest BCUT2D eigenvalue weighted by molar-refractivity contribution is -0.139. The van der Waals surface area contributed by atoms with Crippen molar-refractivity contribution in [2.75, 3.05) is 0 Å². The average molecular weight is 490 g/mol. The van der Waals surface area contributed by atoms with Crippen LogP contribution in [0.2, 0.25) is 5.02 Å². The van der Waals surface area contributed by atoms with Crippen LogP contribution in [0.25, 0.3) is 0 Å². The molecule has 0 saturated carbocycles. The Morgan fingerprint density at radius 3 is 2.52 bits per heavy atom. The molecule has 2 aromatic rings. The lowest BCUT2D eigenvalue weighted by Crippen LogP contribution is -2.37. The van der Waals surface area contributed by atoms with Gasteiger partial charge in [0.15, 0.2) is 0 Å². The summed E-state index contributed by atoms with van der Waals surface area (Å²) in [6, 6.07) is 10.1. The number of carbonyl (C=O) groups is 2. The summed E-state index contributed by atoms with van der Waals surface area (Å²) in [5, 5.41) is 16.6. The van der Waals surface area contributed by atoms with E-state index >= 15 is 0 Å². The Labute approximate surface area is 165 Å². The third-order valence-electron chi connectivity index (χ3n) is 3.00. The van der Waals surface area contributed by atoms with Gasteiger partial charge in [0.25, 0.3) is 0 Å². The molecule has 3 N–H and O–H groups in total. The molecule has 0 aliphatic heterocycles. The molecular formula is C16H12Br2ClN3O3. The minimum Gasteiger partial charge on any atom is -0.506 e. The number of amides is 2. The summed E-state index contributed by atoms with van der Waals surface area (Å²) in [5.41, 5.74) is 3.27. The third kappa shape index (κ3) is 5.84. The number of rotatable bonds is 4. The lowest BCUT2D eigenvalue weighted by Gasteiger charge is -2.05. The number of benzene rings is 2. The zero-order valence-electron chi connectivity index (χ0n) is 12.6. The largest absolute Gasteiger partial charge is 0.506 e. The van der Waals surface area contributed by atoms with Crippen molar-refractivity contribution in [1.82, 2.24) is 10.7 Å². The second-order valence-corrected chi connectivity index (χ2v) is 7.04. The van der Waals surface area contributed by atoms with Crippen LogP contribution in [0.15, 0.2) is 50.4 Å². The molecule has 0 aliphatic rings. The van der Waals surface area contributed by atoms with Crippen LogP contribution >= 0.6 is 43.5 Å². The van der Waals surface area contributed by atoms with Gasteiger partial charge in [0.1, 0.15) is 5.75 Å². The van der Waals surface area contributed by atoms with Gasteiger partial charge in [-0.2, -0.15) is 5.10 Å². The van der Waals surface area contributed by atoms with E-state index in [4.69, 9.17) is 11.6 Å². The van der Waals surface area contributed by atoms with E-state index in [1.54, 1.807) is 36.4 Å². The van der Waals surface area contributed by atoms with E-state index in [0.29, 0.717) is 19.5 Å². The highest BCUT2D eigenvalue weighted by molar-refractivity contribution is 9.11. The second-order valence-electron chi connectivity index (χ2n) is 4.83. The molecule has 2 rings (SSSR count). The average Bonchev–Trinajstić information content (AvgIpc) is 2.58. The van der Waals surface area contributed by atoms with Gasteiger partial charge >= 0.3 is 11.8 Å². The molecule has 0 spiro atoms. The van der Waals surface area contributed by atoms with Crippen LogP contribution < -0.4 is 10.7 Å². The summed E-state index contributed by atoms with van der Waals surface area (Å²) >= 11 is 12.2. The molecule has 0 atom stereocenters. The van der Waals surface area contributed by atoms with Crippen LogP contribution in [0.4, 0.5) is 0 Å². The van der Waals surface area contributed by atoms with Crippen molar-refractivity contribution in [2.24, 2.45) is 5.10 Å². The lowest BCUT2D eigenvalue weighted by atomic mass is 10.2. The molecule has 2 aromatic carbocycles. The van der Waals surface area contributed by atoms with E-state index in [2.05, 4.69) is 47.7 Å². The molecule has 0 aromatic heterocycles. The van der Waals surface area contributed by atoms with Crippen molar-refractivity contribution in [2.45, 2.75) is 6.54 Å². The van der Waals surface area contributed by atoms with Gasteiger partial charge in [0.05, 0.1) is 10.7 Å². The van der Waals surface area contributed by atoms with E-state index in [1.165, 1.54) is 6.21 Å². The molecule has 0 radical (unpaired) electrons. The molecule has 0 unspecified atom stereocenters. The van der Waals surface area contributed by atoms with Crippen molar-refractivity contribution < 1.29 is 14.7 Å². The molecule has 0 saturated heterocycles. The molecule has 0 aliphatic carbocycles. The highest BCUT2D eigenvalue weighted by atomic mass is 79.9. The Hall–Kier alpha value is -1.90. The summed E-state index contributed by atoms with van der Waals surface area (Å²) in [7, 11) is 0. The fourth-order valence-electron chi connectivity index (χ4n) is 1.76. The zero-order valence-corrected chi connectivity index (χ0v) is 16.5. The molecule has 0 bridgehead atoms. The standard InChI is InChI=1S/C16H12Br2ClN3O3/c17-11-5-10(14(23)13(18)6-11)8-21-22-16(25)15(24)20-7-9-1-3-12(19)4-2-9/h1-6,8,23H,7H2,(H,20,24)(H,22,25)/b21-8-. The Morgan fingerprint density at radius 2 is 1.84 bits per heavy atom. The summed E-state index contributed by atoms with van der Waals surface area (Å²) < 4.78 is 1.18. The number of hydrogen-bond acceptors (Lipinski definition) is 4. The quantitative estimate of drug-likeness (QED) is 0.350. The molecule has 9 heteroatoms. The molecule has 0 heterocycles. The zero-order chi connectivity index (χ0) is 18.4. The topological polar surface area (TPSA) is 90.8 Å². The summed E-state index contributed by atoms with van der Waals surface area (Å²) in [5.74, 6) is -1.78. The molecule has 0 fully saturated rings. The molecular weight excluding hydrogens is 477 g/mol. The number of hydrazone groups is 1. The van der Waals surface area contributed by atoms with Gasteiger partial charge in [-0.1, -0.05) is 39.7 Å². The first-order chi connectivity index (χ1) is 11.9. The van der Waals surface area contributed by atoms with E-state index in [1.807, 2.05) is 0 Å². The first-order valence-corrected chi connectivity index (χ1v) is 8.87. The van der Waals surface area contributed by atoms with Gasteiger partial charge in [-0.05, 0) is 45.8 Å². The van der Waals surface area contributed by atoms with E-state index in [-0.39, 0.29) is 12.3 Å². The molecule has 130 valence electrons. The fraction of sp³-hybridized carbons (Fsp3) is 0.0625. The number of aromatic hydroxyl groups is 1. The predicted molar refractivity (Wildman–Crippen MR) is 103 cm³/mol. The number of phenolic OH excluding ortho intramolecular Hbond substituents is 1. The summed E-state index contributed by atoms with van der Waals surface area (Å²) in [6.45, 7) is 0.187. The van der Waals surface area contributed by atoms with Gasteiger partial charge in [-0.15, -0.1) is 0 Å². The number of carbonyl (C=O) groups excluding carboxylic acids is 2. The Morgan fingerprint density at radius 1 is 1.16 bits per heavy atom. The smallest absolute Gasteiger partial charge is 0.329 e. The maximum Gasteiger partial charge on any atom is 0.329 e. The van der Waals surface area contributed by atoms with Crippen LogP contribution in [0.1, 0.15) is 11.1 Å². The number of nitrogens with one attached hydrogen (secondary N) is 2. The SMILES string of the molecule is O=C(NCc1ccc(Cl)cc1)C(=O)N/N=C\c1cc(Br)cc(Br)c1O. The van der Waals surface area contributed by atoms with Crippen molar-refractivity contribution in [1.29, 1.82) is 0 Å². The van der Waals surface area contributed by atoms with Crippen LogP contribution in [0.3, 0.4) is 0 Å². The molecule has 25 heavy (non-hydrogen) atoms. The second kappa shape index (κ2) is 8.98.